The lowest BCUT2D eigenvalue weighted by molar-refractivity contribution is -0.183. The number of aliphatic hydroxyl groups is 2. The van der Waals surface area contributed by atoms with Crippen LogP contribution in [0, 0.1) is 24.6 Å². The molecule has 0 spiro atoms. The van der Waals surface area contributed by atoms with Gasteiger partial charge in [-0.15, -0.1) is 0 Å². The van der Waals surface area contributed by atoms with Crippen molar-refractivity contribution in [1.29, 1.82) is 0 Å². The monoisotopic (exact) mass is 552 g/mol. The van der Waals surface area contributed by atoms with Gasteiger partial charge in [-0.05, 0) is 86.9 Å². The number of amides is 2. The molecular formula is C26H30ClFN2O6S. The van der Waals surface area contributed by atoms with Gasteiger partial charge in [0.25, 0.3) is 5.91 Å². The number of sulfone groups is 1. The Hall–Kier alpha value is -2.53. The lowest BCUT2D eigenvalue weighted by Crippen LogP contribution is -2.63. The van der Waals surface area contributed by atoms with E-state index in [0.29, 0.717) is 17.7 Å². The van der Waals surface area contributed by atoms with E-state index in [0.717, 1.165) is 0 Å². The molecule has 2 unspecified atom stereocenters. The third-order valence-corrected chi connectivity index (χ3v) is 10.1. The maximum Gasteiger partial charge on any atom is 0.255 e. The second-order valence-electron chi connectivity index (χ2n) is 10.2. The number of carbonyl (C=O) groups excluding carboxylic acids is 2. The van der Waals surface area contributed by atoms with Crippen molar-refractivity contribution in [2.75, 3.05) is 11.9 Å². The van der Waals surface area contributed by atoms with Gasteiger partial charge in [-0.2, -0.15) is 0 Å². The lowest BCUT2D eigenvalue weighted by atomic mass is 9.52. The van der Waals surface area contributed by atoms with Gasteiger partial charge in [-0.25, -0.2) is 12.8 Å². The van der Waals surface area contributed by atoms with Crippen LogP contribution < -0.4 is 10.6 Å². The number of nitrogens with one attached hydrogen (secondary N) is 2. The average Bonchev–Trinajstić information content (AvgIpc) is 2.85. The molecule has 3 aliphatic carbocycles. The number of rotatable bonds is 8. The average molecular weight is 553 g/mol. The predicted octanol–water partition coefficient (Wildman–Crippen LogP) is 3.23. The Morgan fingerprint density at radius 1 is 1.16 bits per heavy atom. The maximum atomic E-state index is 13.6. The van der Waals surface area contributed by atoms with Crippen LogP contribution in [0.1, 0.15) is 48.5 Å². The Kier molecular flexibility index (Phi) is 7.67. The first-order valence-corrected chi connectivity index (χ1v) is 14.0. The van der Waals surface area contributed by atoms with E-state index in [4.69, 9.17) is 11.6 Å². The molecule has 4 N–H and O–H groups in total. The van der Waals surface area contributed by atoms with Gasteiger partial charge >= 0.3 is 0 Å². The summed E-state index contributed by atoms with van der Waals surface area (Å²) in [6, 6.07) is 8.12. The molecule has 0 aromatic heterocycles. The van der Waals surface area contributed by atoms with Gasteiger partial charge in [0, 0.05) is 17.8 Å². The van der Waals surface area contributed by atoms with Gasteiger partial charge in [0.1, 0.15) is 5.82 Å². The molecule has 2 amide bonds. The number of anilines is 1. The third kappa shape index (κ3) is 5.52. The van der Waals surface area contributed by atoms with Crippen molar-refractivity contribution in [3.63, 3.8) is 0 Å². The number of aryl methyl sites for hydroxylation is 1. The molecule has 2 aromatic carbocycles. The Morgan fingerprint density at radius 2 is 1.84 bits per heavy atom. The van der Waals surface area contributed by atoms with Crippen LogP contribution in [-0.4, -0.2) is 53.9 Å². The van der Waals surface area contributed by atoms with Gasteiger partial charge in [0.15, 0.2) is 9.84 Å². The standard InChI is InChI=1S/C26H30ClFN2O6S/c1-14-7-19(4-6-22(14)28)30-25(33)16-3-5-21(27)23(8-16)37(35,36)20-10-17-9-18(11-20)26(17,34)12-24(32)29-13-15(2)31/h3-8,15,17-18,20,31,34H,9-13H2,1-2H3,(H,29,32)(H,30,33)/t15-,17?,18?,20-,26-/m0/s1. The predicted molar refractivity (Wildman–Crippen MR) is 137 cm³/mol. The van der Waals surface area contributed by atoms with Gasteiger partial charge in [-0.1, -0.05) is 11.6 Å². The molecule has 200 valence electrons. The first-order chi connectivity index (χ1) is 17.3. The molecule has 37 heavy (non-hydrogen) atoms. The summed E-state index contributed by atoms with van der Waals surface area (Å²) in [5.74, 6) is -2.10. The van der Waals surface area contributed by atoms with Crippen molar-refractivity contribution in [2.45, 2.75) is 61.4 Å². The zero-order valence-electron chi connectivity index (χ0n) is 20.5. The van der Waals surface area contributed by atoms with Crippen LogP contribution >= 0.6 is 11.6 Å². The van der Waals surface area contributed by atoms with E-state index in [9.17, 15) is 32.6 Å². The molecule has 8 nitrogen and oxygen atoms in total. The molecule has 11 heteroatoms. The molecule has 0 saturated heterocycles. The number of carbonyl (C=O) groups is 2. The molecule has 0 radical (unpaired) electrons. The van der Waals surface area contributed by atoms with Crippen LogP contribution in [-0.2, 0) is 14.6 Å². The van der Waals surface area contributed by atoms with E-state index >= 15 is 0 Å². The minimum atomic E-state index is -3.94. The summed E-state index contributed by atoms with van der Waals surface area (Å²) in [7, 11) is -3.94. The molecule has 3 fully saturated rings. The van der Waals surface area contributed by atoms with Crippen LogP contribution in [0.2, 0.25) is 5.02 Å². The summed E-state index contributed by atoms with van der Waals surface area (Å²) in [5.41, 5.74) is -0.480. The summed E-state index contributed by atoms with van der Waals surface area (Å²) in [6.07, 6.45) is 0.0957. The Balaban J connectivity index is 1.48. The Labute approximate surface area is 220 Å². The second kappa shape index (κ2) is 10.3. The molecule has 0 aliphatic heterocycles. The van der Waals surface area contributed by atoms with Crippen LogP contribution in [0.5, 0.6) is 0 Å². The summed E-state index contributed by atoms with van der Waals surface area (Å²) >= 11 is 6.26. The molecule has 5 rings (SSSR count). The maximum absolute atomic E-state index is 13.6. The summed E-state index contributed by atoms with van der Waals surface area (Å²) in [5, 5.41) is 24.8. The largest absolute Gasteiger partial charge is 0.392 e. The Morgan fingerprint density at radius 3 is 2.46 bits per heavy atom. The van der Waals surface area contributed by atoms with Crippen molar-refractivity contribution < 1.29 is 32.6 Å². The highest BCUT2D eigenvalue weighted by atomic mass is 35.5. The SMILES string of the molecule is Cc1cc(NC(=O)c2ccc(Cl)c(S(=O)(=O)[C@H]3CC4CC(C3)[C@]4(O)CC(=O)NC[C@H](C)O)c2)ccc1F. The fraction of sp³-hybridized carbons (Fsp3) is 0.462. The topological polar surface area (TPSA) is 133 Å². The van der Waals surface area contributed by atoms with Crippen LogP contribution in [0.25, 0.3) is 0 Å². The number of hydrogen-bond acceptors (Lipinski definition) is 6. The number of hydrogen-bond donors (Lipinski definition) is 4. The van der Waals surface area contributed by atoms with Gasteiger partial charge < -0.3 is 20.8 Å². The smallest absolute Gasteiger partial charge is 0.255 e. The number of aliphatic hydroxyl groups excluding tert-OH is 1. The number of fused-ring (bicyclic) bond motifs is 2. The highest BCUT2D eigenvalue weighted by molar-refractivity contribution is 7.92. The zero-order chi connectivity index (χ0) is 27.1. The van der Waals surface area contributed by atoms with E-state index in [1.165, 1.54) is 43.3 Å². The first kappa shape index (κ1) is 27.5. The number of halogens is 2. The highest BCUT2D eigenvalue weighted by Gasteiger charge is 2.60. The van der Waals surface area contributed by atoms with Crippen molar-refractivity contribution in [1.82, 2.24) is 5.32 Å². The molecule has 0 heterocycles. The quantitative estimate of drug-likeness (QED) is 0.397. The molecule has 3 aliphatic rings. The van der Waals surface area contributed by atoms with E-state index in [1.807, 2.05) is 0 Å². The minimum Gasteiger partial charge on any atom is -0.392 e. The van der Waals surface area contributed by atoms with Gasteiger partial charge in [-0.3, -0.25) is 9.59 Å². The third-order valence-electron chi connectivity index (χ3n) is 7.47. The Bertz CT molecular complexity index is 1320. The fourth-order valence-electron chi connectivity index (χ4n) is 5.35. The van der Waals surface area contributed by atoms with Crippen molar-refractivity contribution >= 4 is 38.9 Å². The molecule has 3 saturated carbocycles. The van der Waals surface area contributed by atoms with Crippen molar-refractivity contribution in [3.8, 4) is 0 Å². The van der Waals surface area contributed by atoms with E-state index in [1.54, 1.807) is 6.92 Å². The van der Waals surface area contributed by atoms with Crippen molar-refractivity contribution in [2.24, 2.45) is 11.8 Å². The summed E-state index contributed by atoms with van der Waals surface area (Å²) in [4.78, 5) is 24.8. The normalized spacial score (nSPS) is 25.6. The summed E-state index contributed by atoms with van der Waals surface area (Å²) < 4.78 is 40.6. The molecular weight excluding hydrogens is 523 g/mol. The number of benzene rings is 2. The zero-order valence-corrected chi connectivity index (χ0v) is 22.1. The van der Waals surface area contributed by atoms with Crippen LogP contribution in [0.4, 0.5) is 10.1 Å². The summed E-state index contributed by atoms with van der Waals surface area (Å²) in [6.45, 7) is 3.18. The van der Waals surface area contributed by atoms with Gasteiger partial charge in [0.05, 0.1) is 33.3 Å². The highest BCUT2D eigenvalue weighted by Crippen LogP contribution is 2.57. The van der Waals surface area contributed by atoms with Crippen LogP contribution in [0.15, 0.2) is 41.3 Å². The van der Waals surface area contributed by atoms with Gasteiger partial charge in [0.2, 0.25) is 5.91 Å². The minimum absolute atomic E-state index is 0.0128. The van der Waals surface area contributed by atoms with Crippen molar-refractivity contribution in [3.05, 3.63) is 58.4 Å². The molecule has 3 atom stereocenters. The van der Waals surface area contributed by atoms with E-state index < -0.39 is 44.4 Å². The first-order valence-electron chi connectivity index (χ1n) is 12.1. The van der Waals surface area contributed by atoms with Crippen LogP contribution in [0.3, 0.4) is 0 Å². The molecule has 2 bridgehead atoms. The second-order valence-corrected chi connectivity index (χ2v) is 12.8. The molecule has 2 aromatic rings. The lowest BCUT2D eigenvalue weighted by Gasteiger charge is -2.58. The van der Waals surface area contributed by atoms with E-state index in [-0.39, 0.29) is 53.1 Å². The fourth-order valence-corrected chi connectivity index (χ4v) is 7.75. The van der Waals surface area contributed by atoms with E-state index in [2.05, 4.69) is 10.6 Å².